The molecule has 10 heteroatoms. The minimum absolute atomic E-state index is 0.0711. The van der Waals surface area contributed by atoms with Crippen LogP contribution in [0.1, 0.15) is 12.8 Å². The minimum atomic E-state index is 0.0711. The maximum absolute atomic E-state index is 12.2. The summed E-state index contributed by atoms with van der Waals surface area (Å²) in [6.07, 6.45) is 7.26. The highest BCUT2D eigenvalue weighted by Crippen LogP contribution is 2.33. The number of H-pyrrole nitrogens is 2. The van der Waals surface area contributed by atoms with Crippen molar-refractivity contribution >= 4 is 39.3 Å². The maximum Gasteiger partial charge on any atom is 0.227 e. The first-order valence-corrected chi connectivity index (χ1v) is 12.7. The Hall–Kier alpha value is -4.31. The zero-order chi connectivity index (χ0) is 24.9. The van der Waals surface area contributed by atoms with Gasteiger partial charge in [0, 0.05) is 55.4 Å². The molecular weight excluding hydrogens is 466 g/mol. The average molecular weight is 494 g/mol. The standard InChI is InChI=1S/C27H27N9O/c1-35-8-10-36(11-9-35)26-24-22(6-7-29-26)31-25(32-24)23-20-13-17(4-5-21(20)33-34-23)18-12-19(15-28-14-18)30-27(37)16-2-3-16/h4-7,12-16H,2-3,8-11H2,1H3,(H,30,37)(H,31,32)(H,33,34). The van der Waals surface area contributed by atoms with Crippen LogP contribution in [0.5, 0.6) is 0 Å². The molecule has 0 radical (unpaired) electrons. The molecular formula is C27H27N9O. The Labute approximate surface area is 213 Å². The molecule has 37 heavy (non-hydrogen) atoms. The van der Waals surface area contributed by atoms with E-state index in [9.17, 15) is 4.79 Å². The summed E-state index contributed by atoms with van der Waals surface area (Å²) in [4.78, 5) is 34.3. The molecule has 2 fully saturated rings. The number of nitrogens with one attached hydrogen (secondary N) is 3. The van der Waals surface area contributed by atoms with Crippen LogP contribution in [0.4, 0.5) is 11.5 Å². The number of hydrogen-bond donors (Lipinski definition) is 3. The molecule has 5 aromatic rings. The predicted octanol–water partition coefficient (Wildman–Crippen LogP) is 3.66. The SMILES string of the molecule is CN1CCN(c2nccc3[nH]c(-c4n[nH]c5ccc(-c6cncc(NC(=O)C7CC7)c6)cc45)nc23)CC1. The molecule has 0 spiro atoms. The summed E-state index contributed by atoms with van der Waals surface area (Å²) in [5.74, 6) is 1.82. The van der Waals surface area contributed by atoms with Gasteiger partial charge in [-0.2, -0.15) is 5.10 Å². The molecule has 7 rings (SSSR count). The molecule has 0 atom stereocenters. The molecule has 1 saturated heterocycles. The Morgan fingerprint density at radius 1 is 1.03 bits per heavy atom. The van der Waals surface area contributed by atoms with Gasteiger partial charge in [0.25, 0.3) is 0 Å². The van der Waals surface area contributed by atoms with Crippen molar-refractivity contribution in [2.24, 2.45) is 5.92 Å². The minimum Gasteiger partial charge on any atom is -0.352 e. The number of carbonyl (C=O) groups excluding carboxylic acids is 1. The first-order chi connectivity index (χ1) is 18.1. The number of fused-ring (bicyclic) bond motifs is 2. The Kier molecular flexibility index (Phi) is 5.14. The number of anilines is 2. The van der Waals surface area contributed by atoms with Gasteiger partial charge in [0.2, 0.25) is 5.91 Å². The van der Waals surface area contributed by atoms with Crippen molar-refractivity contribution in [2.45, 2.75) is 12.8 Å². The lowest BCUT2D eigenvalue weighted by atomic mass is 10.0. The van der Waals surface area contributed by atoms with Crippen molar-refractivity contribution in [1.82, 2.24) is 35.0 Å². The number of rotatable bonds is 5. The first-order valence-electron chi connectivity index (χ1n) is 12.7. The van der Waals surface area contributed by atoms with E-state index < -0.39 is 0 Å². The van der Waals surface area contributed by atoms with Crippen LogP contribution in [-0.2, 0) is 4.79 Å². The topological polar surface area (TPSA) is 119 Å². The molecule has 1 aliphatic carbocycles. The number of piperazine rings is 1. The second-order valence-electron chi connectivity index (χ2n) is 9.96. The van der Waals surface area contributed by atoms with E-state index in [4.69, 9.17) is 4.98 Å². The number of hydrogen-bond acceptors (Lipinski definition) is 7. The highest BCUT2D eigenvalue weighted by molar-refractivity contribution is 5.98. The van der Waals surface area contributed by atoms with Gasteiger partial charge in [-0.25, -0.2) is 9.97 Å². The third-order valence-corrected chi connectivity index (χ3v) is 7.26. The summed E-state index contributed by atoms with van der Waals surface area (Å²) in [5.41, 5.74) is 6.09. The molecule has 3 N–H and O–H groups in total. The van der Waals surface area contributed by atoms with E-state index in [0.29, 0.717) is 11.5 Å². The molecule has 5 heterocycles. The largest absolute Gasteiger partial charge is 0.352 e. The van der Waals surface area contributed by atoms with Crippen LogP contribution >= 0.6 is 0 Å². The molecule has 4 aromatic heterocycles. The number of nitrogens with zero attached hydrogens (tertiary/aromatic N) is 6. The third-order valence-electron chi connectivity index (χ3n) is 7.26. The summed E-state index contributed by atoms with van der Waals surface area (Å²) in [6.45, 7) is 3.85. The molecule has 0 unspecified atom stereocenters. The van der Waals surface area contributed by atoms with Crippen LogP contribution in [0.3, 0.4) is 0 Å². The number of likely N-dealkylation sites (N-methyl/N-ethyl adjacent to an activating group) is 1. The van der Waals surface area contributed by atoms with Gasteiger partial charge < -0.3 is 20.1 Å². The normalized spacial score (nSPS) is 16.5. The second-order valence-corrected chi connectivity index (χ2v) is 9.96. The van der Waals surface area contributed by atoms with Crippen molar-refractivity contribution in [3.05, 3.63) is 48.9 Å². The van der Waals surface area contributed by atoms with Crippen molar-refractivity contribution in [3.63, 3.8) is 0 Å². The maximum atomic E-state index is 12.2. The molecule has 1 aliphatic heterocycles. The average Bonchev–Trinajstić information content (AvgIpc) is 3.55. The lowest BCUT2D eigenvalue weighted by molar-refractivity contribution is -0.117. The van der Waals surface area contributed by atoms with E-state index in [1.807, 2.05) is 36.7 Å². The van der Waals surface area contributed by atoms with Crippen LogP contribution < -0.4 is 10.2 Å². The summed E-state index contributed by atoms with van der Waals surface area (Å²) < 4.78 is 0. The third kappa shape index (κ3) is 4.09. The van der Waals surface area contributed by atoms with E-state index in [0.717, 1.165) is 83.6 Å². The summed E-state index contributed by atoms with van der Waals surface area (Å²) in [7, 11) is 2.14. The highest BCUT2D eigenvalue weighted by Gasteiger charge is 2.29. The smallest absolute Gasteiger partial charge is 0.227 e. The number of carbonyl (C=O) groups is 1. The molecule has 10 nitrogen and oxygen atoms in total. The molecule has 1 saturated carbocycles. The van der Waals surface area contributed by atoms with E-state index in [2.05, 4.69) is 53.4 Å². The monoisotopic (exact) mass is 493 g/mol. The van der Waals surface area contributed by atoms with Gasteiger partial charge in [-0.15, -0.1) is 0 Å². The van der Waals surface area contributed by atoms with Crippen LogP contribution in [0.25, 0.3) is 44.6 Å². The van der Waals surface area contributed by atoms with E-state index in [1.54, 1.807) is 6.20 Å². The van der Waals surface area contributed by atoms with Gasteiger partial charge >= 0.3 is 0 Å². The summed E-state index contributed by atoms with van der Waals surface area (Å²) >= 11 is 0. The molecule has 0 bridgehead atoms. The number of benzene rings is 1. The van der Waals surface area contributed by atoms with Gasteiger partial charge in [0.05, 0.1) is 22.9 Å². The van der Waals surface area contributed by atoms with Gasteiger partial charge in [0.15, 0.2) is 11.6 Å². The van der Waals surface area contributed by atoms with E-state index in [1.165, 1.54) is 0 Å². The Balaban J connectivity index is 1.24. The van der Waals surface area contributed by atoms with Crippen LogP contribution in [0, 0.1) is 5.92 Å². The summed E-state index contributed by atoms with van der Waals surface area (Å²) in [6, 6.07) is 10.0. The molecule has 1 amide bonds. The fourth-order valence-corrected chi connectivity index (χ4v) is 4.91. The van der Waals surface area contributed by atoms with Gasteiger partial charge in [0.1, 0.15) is 11.2 Å². The number of pyridine rings is 2. The molecule has 2 aliphatic rings. The quantitative estimate of drug-likeness (QED) is 0.342. The lowest BCUT2D eigenvalue weighted by Crippen LogP contribution is -2.44. The van der Waals surface area contributed by atoms with Crippen molar-refractivity contribution < 1.29 is 4.79 Å². The predicted molar refractivity (Wildman–Crippen MR) is 143 cm³/mol. The van der Waals surface area contributed by atoms with E-state index >= 15 is 0 Å². The van der Waals surface area contributed by atoms with Gasteiger partial charge in [-0.05, 0) is 49.7 Å². The van der Waals surface area contributed by atoms with Crippen LogP contribution in [-0.4, -0.2) is 74.2 Å². The zero-order valence-corrected chi connectivity index (χ0v) is 20.5. The van der Waals surface area contributed by atoms with Crippen molar-refractivity contribution in [1.29, 1.82) is 0 Å². The highest BCUT2D eigenvalue weighted by atomic mass is 16.2. The van der Waals surface area contributed by atoms with Gasteiger partial charge in [-0.1, -0.05) is 6.07 Å². The Morgan fingerprint density at radius 3 is 2.73 bits per heavy atom. The van der Waals surface area contributed by atoms with E-state index in [-0.39, 0.29) is 11.8 Å². The Bertz CT molecular complexity index is 1630. The number of aromatic nitrogens is 6. The van der Waals surface area contributed by atoms with Crippen molar-refractivity contribution in [3.8, 4) is 22.6 Å². The molecule has 186 valence electrons. The lowest BCUT2D eigenvalue weighted by Gasteiger charge is -2.33. The second kappa shape index (κ2) is 8.67. The zero-order valence-electron chi connectivity index (χ0n) is 20.5. The first kappa shape index (κ1) is 21.9. The number of amides is 1. The van der Waals surface area contributed by atoms with Gasteiger partial charge in [-0.3, -0.25) is 14.9 Å². The number of imidazole rings is 1. The Morgan fingerprint density at radius 2 is 1.89 bits per heavy atom. The number of aromatic amines is 2. The fraction of sp³-hybridized carbons (Fsp3) is 0.296. The molecule has 1 aromatic carbocycles. The van der Waals surface area contributed by atoms with Crippen molar-refractivity contribution in [2.75, 3.05) is 43.4 Å². The summed E-state index contributed by atoms with van der Waals surface area (Å²) in [5, 5.41) is 11.7. The van der Waals surface area contributed by atoms with Crippen LogP contribution in [0.15, 0.2) is 48.9 Å². The van der Waals surface area contributed by atoms with Crippen LogP contribution in [0.2, 0.25) is 0 Å². The fourth-order valence-electron chi connectivity index (χ4n) is 4.91.